The summed E-state index contributed by atoms with van der Waals surface area (Å²) >= 11 is 0. The normalized spacial score (nSPS) is 10.6. The second kappa shape index (κ2) is 6.25. The number of nitrogens with zero attached hydrogens (tertiary/aromatic N) is 1. The fourth-order valence-corrected chi connectivity index (χ4v) is 1.51. The van der Waals surface area contributed by atoms with Crippen LogP contribution in [-0.4, -0.2) is 25.2 Å². The third-order valence-corrected chi connectivity index (χ3v) is 2.33. The van der Waals surface area contributed by atoms with Crippen LogP contribution in [0, 0.1) is 0 Å². The smallest absolute Gasteiger partial charge is 0.311 e. The van der Waals surface area contributed by atoms with Gasteiger partial charge in [0.05, 0.1) is 26.3 Å². The van der Waals surface area contributed by atoms with Gasteiger partial charge in [-0.15, -0.1) is 0 Å². The Morgan fingerprint density at radius 3 is 2.61 bits per heavy atom. The zero-order valence-corrected chi connectivity index (χ0v) is 10.1. The minimum absolute atomic E-state index is 0.0135. The summed E-state index contributed by atoms with van der Waals surface area (Å²) in [5.41, 5.74) is 5.50. The van der Waals surface area contributed by atoms with Crippen LogP contribution in [0.5, 0.6) is 5.75 Å². The van der Waals surface area contributed by atoms with Crippen LogP contribution in [0.4, 0.5) is 8.78 Å². The van der Waals surface area contributed by atoms with E-state index in [-0.39, 0.29) is 24.4 Å². The lowest BCUT2D eigenvalue weighted by Gasteiger charge is -2.13. The van der Waals surface area contributed by atoms with E-state index in [4.69, 9.17) is 10.5 Å². The molecule has 1 heterocycles. The van der Waals surface area contributed by atoms with E-state index >= 15 is 0 Å². The van der Waals surface area contributed by atoms with E-state index in [1.165, 1.54) is 20.3 Å². The van der Waals surface area contributed by atoms with Gasteiger partial charge in [0.1, 0.15) is 11.4 Å². The highest BCUT2D eigenvalue weighted by atomic mass is 19.3. The maximum Gasteiger partial charge on any atom is 0.311 e. The van der Waals surface area contributed by atoms with Gasteiger partial charge in [0, 0.05) is 12.1 Å². The molecule has 100 valence electrons. The Labute approximate surface area is 103 Å². The van der Waals surface area contributed by atoms with Crippen LogP contribution in [0.15, 0.2) is 6.07 Å². The molecule has 0 amide bonds. The van der Waals surface area contributed by atoms with Crippen molar-refractivity contribution in [3.63, 3.8) is 0 Å². The minimum Gasteiger partial charge on any atom is -0.494 e. The number of halogens is 2. The molecule has 1 rings (SSSR count). The molecule has 0 bridgehead atoms. The molecule has 0 atom stereocenters. The Hall–Kier alpha value is -1.76. The molecular formula is C11H14F2N2O3. The average molecular weight is 260 g/mol. The molecule has 0 fully saturated rings. The summed E-state index contributed by atoms with van der Waals surface area (Å²) in [7, 11) is 2.56. The quantitative estimate of drug-likeness (QED) is 0.805. The van der Waals surface area contributed by atoms with Crippen molar-refractivity contribution in [2.45, 2.75) is 19.4 Å². The van der Waals surface area contributed by atoms with Crippen molar-refractivity contribution in [1.82, 2.24) is 4.98 Å². The van der Waals surface area contributed by atoms with Crippen molar-refractivity contribution in [3.8, 4) is 5.75 Å². The maximum atomic E-state index is 12.7. The lowest BCUT2D eigenvalue weighted by molar-refractivity contribution is -0.139. The molecule has 1 aromatic rings. The van der Waals surface area contributed by atoms with Crippen molar-refractivity contribution in [3.05, 3.63) is 23.0 Å². The fourth-order valence-electron chi connectivity index (χ4n) is 1.51. The van der Waals surface area contributed by atoms with Crippen LogP contribution in [0.2, 0.25) is 0 Å². The van der Waals surface area contributed by atoms with Gasteiger partial charge in [0.2, 0.25) is 0 Å². The third-order valence-electron chi connectivity index (χ3n) is 2.33. The summed E-state index contributed by atoms with van der Waals surface area (Å²) in [5, 5.41) is 0. The number of aromatic nitrogens is 1. The van der Waals surface area contributed by atoms with Gasteiger partial charge >= 0.3 is 5.97 Å². The van der Waals surface area contributed by atoms with Crippen molar-refractivity contribution in [2.24, 2.45) is 5.73 Å². The highest BCUT2D eigenvalue weighted by molar-refractivity contribution is 5.73. The van der Waals surface area contributed by atoms with E-state index in [2.05, 4.69) is 9.72 Å². The van der Waals surface area contributed by atoms with E-state index in [1.54, 1.807) is 0 Å². The van der Waals surface area contributed by atoms with E-state index < -0.39 is 18.1 Å². The van der Waals surface area contributed by atoms with Crippen molar-refractivity contribution < 1.29 is 23.0 Å². The van der Waals surface area contributed by atoms with Crippen LogP contribution < -0.4 is 10.5 Å². The van der Waals surface area contributed by atoms with Gasteiger partial charge in [-0.3, -0.25) is 4.79 Å². The fraction of sp³-hybridized carbons (Fsp3) is 0.455. The first-order chi connectivity index (χ1) is 8.53. The lowest BCUT2D eigenvalue weighted by atomic mass is 10.1. The number of hydrogen-bond acceptors (Lipinski definition) is 5. The highest BCUT2D eigenvalue weighted by Crippen LogP contribution is 2.27. The first-order valence-corrected chi connectivity index (χ1v) is 5.15. The van der Waals surface area contributed by atoms with Crippen LogP contribution >= 0.6 is 0 Å². The molecular weight excluding hydrogens is 246 g/mol. The number of carbonyl (C=O) groups is 1. The van der Waals surface area contributed by atoms with Crippen LogP contribution in [0.25, 0.3) is 0 Å². The minimum atomic E-state index is -2.74. The largest absolute Gasteiger partial charge is 0.494 e. The van der Waals surface area contributed by atoms with Crippen molar-refractivity contribution in [1.29, 1.82) is 0 Å². The third kappa shape index (κ3) is 3.13. The first kappa shape index (κ1) is 14.3. The zero-order valence-electron chi connectivity index (χ0n) is 10.1. The van der Waals surface area contributed by atoms with Crippen LogP contribution in [-0.2, 0) is 22.5 Å². The maximum absolute atomic E-state index is 12.7. The Balaban J connectivity index is 3.26. The second-order valence-corrected chi connectivity index (χ2v) is 3.44. The van der Waals surface area contributed by atoms with Gasteiger partial charge < -0.3 is 15.2 Å². The number of methoxy groups -OCH3 is 2. The van der Waals surface area contributed by atoms with Gasteiger partial charge in [-0.1, -0.05) is 0 Å². The van der Waals surface area contributed by atoms with Gasteiger partial charge in [0.15, 0.2) is 0 Å². The molecule has 0 saturated carbocycles. The summed E-state index contributed by atoms with van der Waals surface area (Å²) in [6.07, 6.45) is -2.98. The summed E-state index contributed by atoms with van der Waals surface area (Å²) in [4.78, 5) is 14.9. The van der Waals surface area contributed by atoms with Crippen molar-refractivity contribution in [2.75, 3.05) is 14.2 Å². The molecule has 0 saturated heterocycles. The molecule has 7 heteroatoms. The number of ether oxygens (including phenoxy) is 2. The molecule has 1 aromatic heterocycles. The van der Waals surface area contributed by atoms with Gasteiger partial charge in [-0.05, 0) is 6.07 Å². The van der Waals surface area contributed by atoms with E-state index in [0.29, 0.717) is 5.56 Å². The summed E-state index contributed by atoms with van der Waals surface area (Å²) in [5.74, 6) is -0.345. The highest BCUT2D eigenvalue weighted by Gasteiger charge is 2.19. The number of alkyl halides is 2. The molecule has 0 radical (unpaired) electrons. The Kier molecular flexibility index (Phi) is 4.96. The number of carbonyl (C=O) groups excluding carboxylic acids is 1. The van der Waals surface area contributed by atoms with Crippen LogP contribution in [0.1, 0.15) is 23.4 Å². The SMILES string of the molecule is COC(=O)Cc1nc(C(F)F)cc(CN)c1OC. The molecule has 2 N–H and O–H groups in total. The molecule has 0 aliphatic carbocycles. The predicted octanol–water partition coefficient (Wildman–Crippen LogP) is 1.20. The van der Waals surface area contributed by atoms with Crippen molar-refractivity contribution >= 4 is 5.97 Å². The number of nitrogens with two attached hydrogens (primary N) is 1. The summed E-state index contributed by atoms with van der Waals surface area (Å²) in [6, 6.07) is 1.17. The molecule has 0 spiro atoms. The Morgan fingerprint density at radius 2 is 2.17 bits per heavy atom. The lowest BCUT2D eigenvalue weighted by Crippen LogP contribution is -2.12. The predicted molar refractivity (Wildman–Crippen MR) is 59.4 cm³/mol. The monoisotopic (exact) mass is 260 g/mol. The summed E-state index contributed by atoms with van der Waals surface area (Å²) < 4.78 is 34.8. The second-order valence-electron chi connectivity index (χ2n) is 3.44. The standard InChI is InChI=1S/C11H14F2N2O3/c1-17-9(16)4-7-10(18-2)6(5-14)3-8(15-7)11(12)13/h3,11H,4-5,14H2,1-2H3. The molecule has 0 unspecified atom stereocenters. The molecule has 0 aliphatic heterocycles. The number of esters is 1. The molecule has 5 nitrogen and oxygen atoms in total. The van der Waals surface area contributed by atoms with Gasteiger partial charge in [-0.2, -0.15) is 0 Å². The zero-order chi connectivity index (χ0) is 13.7. The first-order valence-electron chi connectivity index (χ1n) is 5.15. The average Bonchev–Trinajstić information content (AvgIpc) is 2.37. The summed E-state index contributed by atoms with van der Waals surface area (Å²) in [6.45, 7) is 0.0135. The van der Waals surface area contributed by atoms with E-state index in [0.717, 1.165) is 0 Å². The molecule has 18 heavy (non-hydrogen) atoms. The van der Waals surface area contributed by atoms with Gasteiger partial charge in [0.25, 0.3) is 6.43 Å². The molecule has 0 aromatic carbocycles. The van der Waals surface area contributed by atoms with Gasteiger partial charge in [-0.25, -0.2) is 13.8 Å². The van der Waals surface area contributed by atoms with E-state index in [1.807, 2.05) is 0 Å². The Bertz CT molecular complexity index is 439. The van der Waals surface area contributed by atoms with Crippen LogP contribution in [0.3, 0.4) is 0 Å². The Morgan fingerprint density at radius 1 is 1.50 bits per heavy atom. The number of hydrogen-bond donors (Lipinski definition) is 1. The van der Waals surface area contributed by atoms with E-state index in [9.17, 15) is 13.6 Å². The number of rotatable bonds is 5. The molecule has 0 aliphatic rings. The topological polar surface area (TPSA) is 74.4 Å². The number of pyridine rings is 1.